The molecule has 84 valence electrons. The monoisotopic (exact) mass is 224 g/mol. The molecule has 1 aromatic rings. The van der Waals surface area contributed by atoms with E-state index in [2.05, 4.69) is 41.6 Å². The molecule has 1 fully saturated rings. The first kappa shape index (κ1) is 11.1. The van der Waals surface area contributed by atoms with Gasteiger partial charge in [-0.3, -0.25) is 4.90 Å². The van der Waals surface area contributed by atoms with Crippen molar-refractivity contribution >= 4 is 11.3 Å². The maximum absolute atomic E-state index is 3.42. The van der Waals surface area contributed by atoms with Crippen LogP contribution in [0.15, 0.2) is 17.5 Å². The van der Waals surface area contributed by atoms with Crippen LogP contribution in [0.2, 0.25) is 0 Å². The summed E-state index contributed by atoms with van der Waals surface area (Å²) in [5.41, 5.74) is 0. The van der Waals surface area contributed by atoms with Gasteiger partial charge in [-0.25, -0.2) is 0 Å². The van der Waals surface area contributed by atoms with Gasteiger partial charge >= 0.3 is 0 Å². The van der Waals surface area contributed by atoms with Crippen LogP contribution in [0.5, 0.6) is 0 Å². The number of nitrogens with one attached hydrogen (secondary N) is 1. The van der Waals surface area contributed by atoms with Crippen molar-refractivity contribution in [2.24, 2.45) is 5.92 Å². The summed E-state index contributed by atoms with van der Waals surface area (Å²) < 4.78 is 0. The lowest BCUT2D eigenvalue weighted by molar-refractivity contribution is 0.140. The maximum Gasteiger partial charge on any atom is 0.0465 e. The van der Waals surface area contributed by atoms with E-state index in [0.29, 0.717) is 12.0 Å². The van der Waals surface area contributed by atoms with Gasteiger partial charge in [-0.15, -0.1) is 11.3 Å². The zero-order valence-electron chi connectivity index (χ0n) is 9.57. The first-order valence-corrected chi connectivity index (χ1v) is 6.65. The van der Waals surface area contributed by atoms with Crippen molar-refractivity contribution in [3.8, 4) is 0 Å². The van der Waals surface area contributed by atoms with Crippen molar-refractivity contribution in [1.29, 1.82) is 0 Å². The van der Waals surface area contributed by atoms with Crippen molar-refractivity contribution in [2.75, 3.05) is 26.2 Å². The number of nitrogens with zero attached hydrogens (tertiary/aromatic N) is 1. The quantitative estimate of drug-likeness (QED) is 0.848. The van der Waals surface area contributed by atoms with Crippen LogP contribution in [0.25, 0.3) is 0 Å². The summed E-state index contributed by atoms with van der Waals surface area (Å²) in [6.45, 7) is 9.28. The maximum atomic E-state index is 3.42. The number of thiophene rings is 1. The summed E-state index contributed by atoms with van der Waals surface area (Å²) in [5, 5.41) is 5.60. The molecule has 1 aliphatic heterocycles. The minimum Gasteiger partial charge on any atom is -0.314 e. The molecule has 0 aliphatic carbocycles. The van der Waals surface area contributed by atoms with E-state index in [1.165, 1.54) is 18.0 Å². The second kappa shape index (κ2) is 5.10. The third-order valence-electron chi connectivity index (χ3n) is 3.01. The van der Waals surface area contributed by atoms with Gasteiger partial charge in [0.05, 0.1) is 0 Å². The van der Waals surface area contributed by atoms with Gasteiger partial charge in [0, 0.05) is 37.1 Å². The first-order valence-electron chi connectivity index (χ1n) is 5.77. The fourth-order valence-electron chi connectivity index (χ4n) is 2.35. The van der Waals surface area contributed by atoms with Gasteiger partial charge in [-0.2, -0.15) is 0 Å². The number of piperazine rings is 1. The summed E-state index contributed by atoms with van der Waals surface area (Å²) >= 11 is 1.89. The molecule has 1 unspecified atom stereocenters. The van der Waals surface area contributed by atoms with Crippen LogP contribution in [0.3, 0.4) is 0 Å². The van der Waals surface area contributed by atoms with Gasteiger partial charge in [0.15, 0.2) is 0 Å². The number of rotatable bonds is 3. The highest BCUT2D eigenvalue weighted by molar-refractivity contribution is 7.10. The van der Waals surface area contributed by atoms with E-state index >= 15 is 0 Å². The number of hydrogen-bond acceptors (Lipinski definition) is 3. The molecule has 0 spiro atoms. The van der Waals surface area contributed by atoms with Crippen LogP contribution in [0, 0.1) is 5.92 Å². The van der Waals surface area contributed by atoms with E-state index in [1.807, 2.05) is 11.3 Å². The summed E-state index contributed by atoms with van der Waals surface area (Å²) in [7, 11) is 0. The Balaban J connectivity index is 2.12. The summed E-state index contributed by atoms with van der Waals surface area (Å²) in [6.07, 6.45) is 0. The Kier molecular flexibility index (Phi) is 3.78. The van der Waals surface area contributed by atoms with Gasteiger partial charge in [0.25, 0.3) is 0 Å². The van der Waals surface area contributed by atoms with Crippen molar-refractivity contribution < 1.29 is 0 Å². The van der Waals surface area contributed by atoms with Crippen LogP contribution in [0.4, 0.5) is 0 Å². The second-order valence-electron chi connectivity index (χ2n) is 4.49. The normalized spacial score (nSPS) is 20.7. The molecule has 2 nitrogen and oxygen atoms in total. The fourth-order valence-corrected chi connectivity index (χ4v) is 3.38. The van der Waals surface area contributed by atoms with Crippen LogP contribution >= 0.6 is 11.3 Å². The fraction of sp³-hybridized carbons (Fsp3) is 0.667. The molecule has 1 aliphatic rings. The Labute approximate surface area is 96.3 Å². The molecule has 1 atom stereocenters. The van der Waals surface area contributed by atoms with E-state index in [-0.39, 0.29) is 0 Å². The number of hydrogen-bond donors (Lipinski definition) is 1. The molecular weight excluding hydrogens is 204 g/mol. The van der Waals surface area contributed by atoms with Crippen LogP contribution in [-0.4, -0.2) is 31.1 Å². The van der Waals surface area contributed by atoms with Crippen LogP contribution < -0.4 is 5.32 Å². The molecule has 0 amide bonds. The highest BCUT2D eigenvalue weighted by Gasteiger charge is 2.25. The molecule has 0 radical (unpaired) electrons. The molecule has 15 heavy (non-hydrogen) atoms. The second-order valence-corrected chi connectivity index (χ2v) is 5.47. The molecule has 1 saturated heterocycles. The average Bonchev–Trinajstić information content (AvgIpc) is 2.72. The Bertz CT molecular complexity index is 276. The molecule has 0 bridgehead atoms. The third kappa shape index (κ3) is 2.60. The predicted molar refractivity (Wildman–Crippen MR) is 66.3 cm³/mol. The van der Waals surface area contributed by atoms with Gasteiger partial charge in [-0.1, -0.05) is 19.9 Å². The standard InChI is InChI=1S/C12H20N2S/c1-10(2)12(11-4-3-9-15-11)14-7-5-13-6-8-14/h3-4,9-10,12-13H,5-8H2,1-2H3. The lowest BCUT2D eigenvalue weighted by Gasteiger charge is -2.36. The Morgan fingerprint density at radius 2 is 2.07 bits per heavy atom. The molecule has 1 aromatic heterocycles. The smallest absolute Gasteiger partial charge is 0.0465 e. The SMILES string of the molecule is CC(C)C(c1cccs1)N1CCNCC1. The molecule has 2 heterocycles. The average molecular weight is 224 g/mol. The Hall–Kier alpha value is -0.380. The lowest BCUT2D eigenvalue weighted by atomic mass is 10.00. The first-order chi connectivity index (χ1) is 7.29. The van der Waals surface area contributed by atoms with Crippen molar-refractivity contribution in [3.05, 3.63) is 22.4 Å². The highest BCUT2D eigenvalue weighted by Crippen LogP contribution is 2.31. The van der Waals surface area contributed by atoms with Crippen LogP contribution in [0.1, 0.15) is 24.8 Å². The molecular formula is C12H20N2S. The van der Waals surface area contributed by atoms with Gasteiger partial charge < -0.3 is 5.32 Å². The minimum absolute atomic E-state index is 0.618. The zero-order chi connectivity index (χ0) is 10.7. The zero-order valence-corrected chi connectivity index (χ0v) is 10.4. The largest absolute Gasteiger partial charge is 0.314 e. The van der Waals surface area contributed by atoms with E-state index < -0.39 is 0 Å². The lowest BCUT2D eigenvalue weighted by Crippen LogP contribution is -2.46. The van der Waals surface area contributed by atoms with E-state index in [0.717, 1.165) is 13.1 Å². The van der Waals surface area contributed by atoms with Gasteiger partial charge in [0.2, 0.25) is 0 Å². The van der Waals surface area contributed by atoms with E-state index in [9.17, 15) is 0 Å². The summed E-state index contributed by atoms with van der Waals surface area (Å²) in [4.78, 5) is 4.14. The highest BCUT2D eigenvalue weighted by atomic mass is 32.1. The van der Waals surface area contributed by atoms with Crippen molar-refractivity contribution in [1.82, 2.24) is 10.2 Å². The molecule has 1 N–H and O–H groups in total. The van der Waals surface area contributed by atoms with Crippen molar-refractivity contribution in [2.45, 2.75) is 19.9 Å². The predicted octanol–water partition coefficient (Wildman–Crippen LogP) is 2.35. The van der Waals surface area contributed by atoms with E-state index in [4.69, 9.17) is 0 Å². The van der Waals surface area contributed by atoms with Crippen molar-refractivity contribution in [3.63, 3.8) is 0 Å². The molecule has 0 saturated carbocycles. The Morgan fingerprint density at radius 1 is 1.33 bits per heavy atom. The van der Waals surface area contributed by atoms with Crippen LogP contribution in [-0.2, 0) is 0 Å². The summed E-state index contributed by atoms with van der Waals surface area (Å²) in [6, 6.07) is 5.06. The van der Waals surface area contributed by atoms with E-state index in [1.54, 1.807) is 0 Å². The Morgan fingerprint density at radius 3 is 2.60 bits per heavy atom. The third-order valence-corrected chi connectivity index (χ3v) is 3.95. The minimum atomic E-state index is 0.618. The topological polar surface area (TPSA) is 15.3 Å². The molecule has 3 heteroatoms. The van der Waals surface area contributed by atoms with Gasteiger partial charge in [-0.05, 0) is 17.4 Å². The summed E-state index contributed by atoms with van der Waals surface area (Å²) in [5.74, 6) is 0.696. The molecule has 0 aromatic carbocycles. The molecule has 2 rings (SSSR count). The van der Waals surface area contributed by atoms with Gasteiger partial charge in [0.1, 0.15) is 0 Å².